The van der Waals surface area contributed by atoms with Crippen LogP contribution in [0.25, 0.3) is 0 Å². The third-order valence-electron chi connectivity index (χ3n) is 3.71. The second-order valence-corrected chi connectivity index (χ2v) is 6.23. The average Bonchev–Trinajstić information content (AvgIpc) is 2.70. The molecule has 2 N–H and O–H groups in total. The van der Waals surface area contributed by atoms with Gasteiger partial charge in [-0.15, -0.1) is 0 Å². The molecule has 0 aliphatic carbocycles. The van der Waals surface area contributed by atoms with Crippen molar-refractivity contribution in [3.63, 3.8) is 0 Å². The zero-order valence-electron chi connectivity index (χ0n) is 14.8. The van der Waals surface area contributed by atoms with Gasteiger partial charge in [0.2, 0.25) is 5.75 Å². The number of ether oxygens (including phenoxy) is 1. The van der Waals surface area contributed by atoms with Crippen LogP contribution in [0, 0.1) is 10.1 Å². The number of halogens is 1. The highest BCUT2D eigenvalue weighted by Gasteiger charge is 2.16. The summed E-state index contributed by atoms with van der Waals surface area (Å²) in [6, 6.07) is 16.6. The number of nitrogens with one attached hydrogen (secondary N) is 1. The normalized spacial score (nSPS) is 10.7. The van der Waals surface area contributed by atoms with Gasteiger partial charge in [0, 0.05) is 16.7 Å². The SMILES string of the molecule is O=C(N/N=C\c1ccc(Oc2ccc(Cl)cc2[N+](=O)[O-])cc1)c1cccc(O)c1. The number of hydrazone groups is 1. The Kier molecular flexibility index (Phi) is 6.06. The van der Waals surface area contributed by atoms with E-state index in [4.69, 9.17) is 16.3 Å². The van der Waals surface area contributed by atoms with Crippen LogP contribution in [0.5, 0.6) is 17.2 Å². The number of phenols is 1. The van der Waals surface area contributed by atoms with E-state index in [0.29, 0.717) is 11.3 Å². The molecule has 0 spiro atoms. The van der Waals surface area contributed by atoms with Crippen molar-refractivity contribution < 1.29 is 19.6 Å². The van der Waals surface area contributed by atoms with Crippen LogP contribution in [0.4, 0.5) is 5.69 Å². The molecule has 3 aromatic rings. The summed E-state index contributed by atoms with van der Waals surface area (Å²) in [6.45, 7) is 0. The molecule has 146 valence electrons. The number of benzene rings is 3. The summed E-state index contributed by atoms with van der Waals surface area (Å²) in [5.41, 5.74) is 3.06. The fourth-order valence-corrected chi connectivity index (χ4v) is 2.51. The summed E-state index contributed by atoms with van der Waals surface area (Å²) in [6.07, 6.45) is 1.43. The van der Waals surface area contributed by atoms with E-state index in [0.717, 1.165) is 0 Å². The number of phenolic OH excluding ortho intramolecular Hbond substituents is 1. The summed E-state index contributed by atoms with van der Waals surface area (Å²) >= 11 is 5.79. The van der Waals surface area contributed by atoms with Gasteiger partial charge in [-0.25, -0.2) is 5.43 Å². The van der Waals surface area contributed by atoms with Crippen molar-refractivity contribution in [2.24, 2.45) is 5.10 Å². The van der Waals surface area contributed by atoms with Crippen LogP contribution in [-0.4, -0.2) is 22.2 Å². The molecule has 0 aliphatic rings. The molecule has 1 amide bonds. The van der Waals surface area contributed by atoms with Crippen molar-refractivity contribution in [3.05, 3.63) is 93.0 Å². The first-order valence-corrected chi connectivity index (χ1v) is 8.64. The number of carbonyl (C=O) groups is 1. The maximum absolute atomic E-state index is 11.9. The predicted molar refractivity (Wildman–Crippen MR) is 108 cm³/mol. The number of nitro benzene ring substituents is 1. The number of amides is 1. The molecule has 0 saturated heterocycles. The van der Waals surface area contributed by atoms with E-state index in [1.807, 2.05) is 0 Å². The Morgan fingerprint density at radius 2 is 1.90 bits per heavy atom. The van der Waals surface area contributed by atoms with Gasteiger partial charge in [-0.05, 0) is 60.2 Å². The van der Waals surface area contributed by atoms with E-state index in [-0.39, 0.29) is 27.8 Å². The molecule has 0 aliphatic heterocycles. The van der Waals surface area contributed by atoms with Crippen molar-refractivity contribution >= 4 is 29.4 Å². The standard InChI is InChI=1S/C20H14ClN3O5/c21-15-6-9-19(18(11-15)24(27)28)29-17-7-4-13(5-8-17)12-22-23-20(26)14-2-1-3-16(25)10-14/h1-12,25H,(H,23,26)/b22-12-. The minimum Gasteiger partial charge on any atom is -0.508 e. The van der Waals surface area contributed by atoms with Crippen molar-refractivity contribution in [1.29, 1.82) is 0 Å². The highest BCUT2D eigenvalue weighted by molar-refractivity contribution is 6.30. The highest BCUT2D eigenvalue weighted by atomic mass is 35.5. The van der Waals surface area contributed by atoms with Gasteiger partial charge in [0.15, 0.2) is 0 Å². The molecule has 29 heavy (non-hydrogen) atoms. The molecule has 0 bridgehead atoms. The number of hydrogen-bond donors (Lipinski definition) is 2. The van der Waals surface area contributed by atoms with Crippen LogP contribution in [0.1, 0.15) is 15.9 Å². The van der Waals surface area contributed by atoms with Gasteiger partial charge >= 0.3 is 5.69 Å². The smallest absolute Gasteiger partial charge is 0.313 e. The van der Waals surface area contributed by atoms with E-state index in [1.165, 1.54) is 36.5 Å². The Hall–Kier alpha value is -3.91. The molecule has 0 heterocycles. The minimum absolute atomic E-state index is 0.0156. The van der Waals surface area contributed by atoms with Gasteiger partial charge in [0.1, 0.15) is 11.5 Å². The van der Waals surface area contributed by atoms with Gasteiger partial charge in [0.05, 0.1) is 11.1 Å². The van der Waals surface area contributed by atoms with Crippen molar-refractivity contribution in [1.82, 2.24) is 5.43 Å². The molecule has 0 fully saturated rings. The van der Waals surface area contributed by atoms with Crippen molar-refractivity contribution in [3.8, 4) is 17.2 Å². The first-order valence-electron chi connectivity index (χ1n) is 8.26. The maximum Gasteiger partial charge on any atom is 0.313 e. The van der Waals surface area contributed by atoms with Gasteiger partial charge in [-0.3, -0.25) is 14.9 Å². The quantitative estimate of drug-likeness (QED) is 0.352. The van der Waals surface area contributed by atoms with E-state index in [2.05, 4.69) is 10.5 Å². The third-order valence-corrected chi connectivity index (χ3v) is 3.95. The summed E-state index contributed by atoms with van der Waals surface area (Å²) < 4.78 is 5.55. The molecule has 3 aromatic carbocycles. The van der Waals surface area contributed by atoms with Crippen LogP contribution < -0.4 is 10.2 Å². The number of hydrogen-bond acceptors (Lipinski definition) is 6. The molecule has 0 saturated carbocycles. The molecular weight excluding hydrogens is 398 g/mol. The Morgan fingerprint density at radius 3 is 2.59 bits per heavy atom. The molecule has 0 unspecified atom stereocenters. The molecule has 9 heteroatoms. The lowest BCUT2D eigenvalue weighted by Crippen LogP contribution is -2.17. The zero-order valence-corrected chi connectivity index (χ0v) is 15.5. The summed E-state index contributed by atoms with van der Waals surface area (Å²) in [5.74, 6) is -0.0270. The fourth-order valence-electron chi connectivity index (χ4n) is 2.35. The second-order valence-electron chi connectivity index (χ2n) is 5.79. The Balaban J connectivity index is 1.64. The summed E-state index contributed by atoms with van der Waals surface area (Å²) in [5, 5.41) is 24.6. The van der Waals surface area contributed by atoms with E-state index < -0.39 is 10.8 Å². The van der Waals surface area contributed by atoms with Gasteiger partial charge in [-0.1, -0.05) is 17.7 Å². The Bertz CT molecular complexity index is 1080. The lowest BCUT2D eigenvalue weighted by atomic mass is 10.2. The van der Waals surface area contributed by atoms with E-state index in [1.54, 1.807) is 36.4 Å². The third kappa shape index (κ3) is 5.30. The van der Waals surface area contributed by atoms with Gasteiger partial charge in [0.25, 0.3) is 5.91 Å². The summed E-state index contributed by atoms with van der Waals surface area (Å²) in [7, 11) is 0. The molecule has 3 rings (SSSR count). The van der Waals surface area contributed by atoms with Gasteiger partial charge in [-0.2, -0.15) is 5.10 Å². The number of aromatic hydroxyl groups is 1. The second kappa shape index (κ2) is 8.85. The molecular formula is C20H14ClN3O5. The van der Waals surface area contributed by atoms with E-state index >= 15 is 0 Å². The first-order chi connectivity index (χ1) is 13.9. The number of nitrogens with zero attached hydrogens (tertiary/aromatic N) is 2. The Morgan fingerprint density at radius 1 is 1.14 bits per heavy atom. The molecule has 8 nitrogen and oxygen atoms in total. The van der Waals surface area contributed by atoms with Crippen LogP contribution in [0.3, 0.4) is 0 Å². The Labute approximate surface area is 170 Å². The lowest BCUT2D eigenvalue weighted by Gasteiger charge is -2.06. The molecule has 0 aromatic heterocycles. The number of carbonyl (C=O) groups excluding carboxylic acids is 1. The average molecular weight is 412 g/mol. The zero-order chi connectivity index (χ0) is 20.8. The fraction of sp³-hybridized carbons (Fsp3) is 0. The molecule has 0 atom stereocenters. The number of nitro groups is 1. The maximum atomic E-state index is 11.9. The minimum atomic E-state index is -0.572. The van der Waals surface area contributed by atoms with E-state index in [9.17, 15) is 20.0 Å². The topological polar surface area (TPSA) is 114 Å². The monoisotopic (exact) mass is 411 g/mol. The number of rotatable bonds is 6. The molecule has 0 radical (unpaired) electrons. The predicted octanol–water partition coefficient (Wildman–Crippen LogP) is 4.51. The van der Waals surface area contributed by atoms with Crippen molar-refractivity contribution in [2.75, 3.05) is 0 Å². The first kappa shape index (κ1) is 19.8. The van der Waals surface area contributed by atoms with Crippen LogP contribution in [0.2, 0.25) is 5.02 Å². The van der Waals surface area contributed by atoms with Crippen LogP contribution in [-0.2, 0) is 0 Å². The summed E-state index contributed by atoms with van der Waals surface area (Å²) in [4.78, 5) is 22.5. The van der Waals surface area contributed by atoms with Crippen molar-refractivity contribution in [2.45, 2.75) is 0 Å². The van der Waals surface area contributed by atoms with Gasteiger partial charge < -0.3 is 9.84 Å². The van der Waals surface area contributed by atoms with Crippen LogP contribution >= 0.6 is 11.6 Å². The highest BCUT2D eigenvalue weighted by Crippen LogP contribution is 2.33. The lowest BCUT2D eigenvalue weighted by molar-refractivity contribution is -0.385. The largest absolute Gasteiger partial charge is 0.508 e. The van der Waals surface area contributed by atoms with Crippen LogP contribution in [0.15, 0.2) is 71.8 Å².